The van der Waals surface area contributed by atoms with Crippen LogP contribution in [0.5, 0.6) is 0 Å². The topological polar surface area (TPSA) is 68.0 Å². The van der Waals surface area contributed by atoms with E-state index in [-0.39, 0.29) is 5.91 Å². The second kappa shape index (κ2) is 7.22. The molecule has 0 fully saturated rings. The van der Waals surface area contributed by atoms with E-state index in [1.54, 1.807) is 6.07 Å². The minimum absolute atomic E-state index is 0.0128. The van der Waals surface area contributed by atoms with Crippen molar-refractivity contribution in [3.63, 3.8) is 0 Å². The first-order valence-corrected chi connectivity index (χ1v) is 7.28. The van der Waals surface area contributed by atoms with Gasteiger partial charge in [-0.05, 0) is 18.1 Å². The number of amides is 1. The lowest BCUT2D eigenvalue weighted by molar-refractivity contribution is -0.121. The van der Waals surface area contributed by atoms with Gasteiger partial charge in [-0.1, -0.05) is 42.7 Å². The van der Waals surface area contributed by atoms with Gasteiger partial charge in [-0.25, -0.2) is 0 Å². The molecule has 1 heterocycles. The molecule has 2 aromatic rings. The van der Waals surface area contributed by atoms with Crippen molar-refractivity contribution >= 4 is 17.5 Å². The molecular weight excluding hydrogens is 290 g/mol. The maximum Gasteiger partial charge on any atom is 0.227 e. The molecule has 21 heavy (non-hydrogen) atoms. The van der Waals surface area contributed by atoms with Gasteiger partial charge < -0.3 is 9.84 Å². The van der Waals surface area contributed by atoms with Crippen molar-refractivity contribution < 1.29 is 9.32 Å². The second-order valence-corrected chi connectivity index (χ2v) is 5.60. The number of aromatic nitrogens is 2. The maximum absolute atomic E-state index is 11.6. The molecule has 112 valence electrons. The summed E-state index contributed by atoms with van der Waals surface area (Å²) in [5, 5.41) is 7.32. The van der Waals surface area contributed by atoms with Crippen molar-refractivity contribution in [3.8, 4) is 11.4 Å². The van der Waals surface area contributed by atoms with Crippen molar-refractivity contribution in [3.05, 3.63) is 35.2 Å². The summed E-state index contributed by atoms with van der Waals surface area (Å²) in [7, 11) is 0. The number of hydrogen-bond donors (Lipinski definition) is 1. The zero-order valence-corrected chi connectivity index (χ0v) is 12.9. The van der Waals surface area contributed by atoms with E-state index in [0.29, 0.717) is 42.0 Å². The van der Waals surface area contributed by atoms with E-state index >= 15 is 0 Å². The number of carbonyl (C=O) groups is 1. The Balaban J connectivity index is 1.92. The van der Waals surface area contributed by atoms with Gasteiger partial charge >= 0.3 is 0 Å². The molecule has 6 heteroatoms. The van der Waals surface area contributed by atoms with Gasteiger partial charge in [0.05, 0.1) is 5.02 Å². The molecule has 0 radical (unpaired) electrons. The van der Waals surface area contributed by atoms with Crippen molar-refractivity contribution in [2.24, 2.45) is 5.92 Å². The zero-order chi connectivity index (χ0) is 15.2. The number of benzene rings is 1. The minimum atomic E-state index is -0.0128. The molecule has 1 N–H and O–H groups in total. The van der Waals surface area contributed by atoms with E-state index < -0.39 is 0 Å². The molecule has 0 unspecified atom stereocenters. The highest BCUT2D eigenvalue weighted by atomic mass is 35.5. The summed E-state index contributed by atoms with van der Waals surface area (Å²) < 4.78 is 5.15. The third-order valence-corrected chi connectivity index (χ3v) is 3.19. The Morgan fingerprint density at radius 1 is 1.38 bits per heavy atom. The second-order valence-electron chi connectivity index (χ2n) is 5.19. The number of aryl methyl sites for hydroxylation is 1. The van der Waals surface area contributed by atoms with E-state index in [1.165, 1.54) is 0 Å². The number of nitrogens with one attached hydrogen (secondary N) is 1. The summed E-state index contributed by atoms with van der Waals surface area (Å²) in [6.45, 7) is 4.77. The number of hydrogen-bond acceptors (Lipinski definition) is 4. The zero-order valence-electron chi connectivity index (χ0n) is 12.1. The van der Waals surface area contributed by atoms with Crippen LogP contribution in [-0.4, -0.2) is 22.6 Å². The van der Waals surface area contributed by atoms with Gasteiger partial charge in [0.2, 0.25) is 17.6 Å². The fourth-order valence-electron chi connectivity index (χ4n) is 1.74. The average molecular weight is 308 g/mol. The Morgan fingerprint density at radius 3 is 2.86 bits per heavy atom. The van der Waals surface area contributed by atoms with Gasteiger partial charge in [0.1, 0.15) is 0 Å². The number of halogens is 1. The fraction of sp³-hybridized carbons (Fsp3) is 0.400. The Hall–Kier alpha value is -1.88. The predicted molar refractivity (Wildman–Crippen MR) is 80.9 cm³/mol. The van der Waals surface area contributed by atoms with Crippen LogP contribution in [0.15, 0.2) is 28.8 Å². The monoisotopic (exact) mass is 307 g/mol. The SMILES string of the molecule is CC(C)CNC(=O)CCc1nc(-c2ccccc2Cl)no1. The Kier molecular flexibility index (Phi) is 5.33. The Labute approximate surface area is 128 Å². The van der Waals surface area contributed by atoms with Crippen LogP contribution in [0.3, 0.4) is 0 Å². The number of rotatable bonds is 6. The number of carbonyl (C=O) groups excluding carboxylic acids is 1. The van der Waals surface area contributed by atoms with Gasteiger partial charge in [0, 0.05) is 24.9 Å². The third kappa shape index (κ3) is 4.56. The van der Waals surface area contributed by atoms with Crippen LogP contribution in [-0.2, 0) is 11.2 Å². The summed E-state index contributed by atoms with van der Waals surface area (Å²) in [5.74, 6) is 1.30. The van der Waals surface area contributed by atoms with Gasteiger partial charge in [-0.2, -0.15) is 4.98 Å². The van der Waals surface area contributed by atoms with Crippen LogP contribution in [0.2, 0.25) is 5.02 Å². The number of nitrogens with zero attached hydrogens (tertiary/aromatic N) is 2. The molecule has 0 saturated heterocycles. The molecule has 0 saturated carbocycles. The quantitative estimate of drug-likeness (QED) is 0.890. The smallest absolute Gasteiger partial charge is 0.227 e. The van der Waals surface area contributed by atoms with Crippen LogP contribution in [0.25, 0.3) is 11.4 Å². The van der Waals surface area contributed by atoms with Crippen LogP contribution >= 0.6 is 11.6 Å². The molecule has 0 aliphatic carbocycles. The molecule has 0 bridgehead atoms. The van der Waals surface area contributed by atoms with Crippen molar-refractivity contribution in [1.29, 1.82) is 0 Å². The normalized spacial score (nSPS) is 10.9. The Bertz CT molecular complexity index is 610. The lowest BCUT2D eigenvalue weighted by Crippen LogP contribution is -2.27. The highest BCUT2D eigenvalue weighted by Crippen LogP contribution is 2.24. The van der Waals surface area contributed by atoms with Crippen LogP contribution in [0.4, 0.5) is 0 Å². The largest absolute Gasteiger partial charge is 0.356 e. The standard InChI is InChI=1S/C15H18ClN3O2/c1-10(2)9-17-13(20)7-8-14-18-15(19-21-14)11-5-3-4-6-12(11)16/h3-6,10H,7-9H2,1-2H3,(H,17,20). The Morgan fingerprint density at radius 2 is 2.14 bits per heavy atom. The first-order valence-electron chi connectivity index (χ1n) is 6.90. The molecule has 0 aliphatic heterocycles. The molecule has 1 aromatic carbocycles. The lowest BCUT2D eigenvalue weighted by atomic mass is 10.2. The van der Waals surface area contributed by atoms with E-state index in [1.807, 2.05) is 32.0 Å². The van der Waals surface area contributed by atoms with Gasteiger partial charge in [0.15, 0.2) is 0 Å². The summed E-state index contributed by atoms with van der Waals surface area (Å²) >= 11 is 6.08. The van der Waals surface area contributed by atoms with E-state index in [0.717, 1.165) is 5.56 Å². The van der Waals surface area contributed by atoms with Gasteiger partial charge in [0.25, 0.3) is 0 Å². The molecule has 1 amide bonds. The molecule has 1 aromatic heterocycles. The summed E-state index contributed by atoms with van der Waals surface area (Å²) in [6.07, 6.45) is 0.748. The van der Waals surface area contributed by atoms with Crippen molar-refractivity contribution in [2.45, 2.75) is 26.7 Å². The molecule has 0 spiro atoms. The summed E-state index contributed by atoms with van der Waals surface area (Å²) in [4.78, 5) is 15.9. The van der Waals surface area contributed by atoms with Gasteiger partial charge in [-0.15, -0.1) is 0 Å². The first-order chi connectivity index (χ1) is 10.1. The third-order valence-electron chi connectivity index (χ3n) is 2.86. The van der Waals surface area contributed by atoms with Crippen LogP contribution in [0.1, 0.15) is 26.2 Å². The van der Waals surface area contributed by atoms with E-state index in [4.69, 9.17) is 16.1 Å². The first kappa shape index (κ1) is 15.5. The van der Waals surface area contributed by atoms with E-state index in [2.05, 4.69) is 15.5 Å². The molecule has 5 nitrogen and oxygen atoms in total. The fourth-order valence-corrected chi connectivity index (χ4v) is 1.96. The average Bonchev–Trinajstić information content (AvgIpc) is 2.92. The molecule has 0 aliphatic rings. The summed E-state index contributed by atoms with van der Waals surface area (Å²) in [5.41, 5.74) is 0.721. The highest BCUT2D eigenvalue weighted by Gasteiger charge is 2.12. The molecular formula is C15H18ClN3O2. The minimum Gasteiger partial charge on any atom is -0.356 e. The molecule has 2 rings (SSSR count). The van der Waals surface area contributed by atoms with Crippen molar-refractivity contribution in [1.82, 2.24) is 15.5 Å². The maximum atomic E-state index is 11.6. The highest BCUT2D eigenvalue weighted by molar-refractivity contribution is 6.33. The lowest BCUT2D eigenvalue weighted by Gasteiger charge is -2.06. The van der Waals surface area contributed by atoms with E-state index in [9.17, 15) is 4.79 Å². The van der Waals surface area contributed by atoms with Gasteiger partial charge in [-0.3, -0.25) is 4.79 Å². The summed E-state index contributed by atoms with van der Waals surface area (Å²) in [6, 6.07) is 7.29. The molecule has 0 atom stereocenters. The van der Waals surface area contributed by atoms with Crippen LogP contribution in [0, 0.1) is 5.92 Å². The predicted octanol–water partition coefficient (Wildman–Crippen LogP) is 3.09. The van der Waals surface area contributed by atoms with Crippen LogP contribution < -0.4 is 5.32 Å². The van der Waals surface area contributed by atoms with Crippen molar-refractivity contribution in [2.75, 3.05) is 6.54 Å².